The van der Waals surface area contributed by atoms with Crippen LogP contribution >= 0.6 is 15.9 Å². The Morgan fingerprint density at radius 2 is 1.55 bits per heavy atom. The predicted molar refractivity (Wildman–Crippen MR) is 166 cm³/mol. The van der Waals surface area contributed by atoms with Crippen molar-refractivity contribution in [1.82, 2.24) is 10.7 Å². The number of rotatable bonds is 13. The predicted octanol–water partition coefficient (Wildman–Crippen LogP) is 4.53. The van der Waals surface area contributed by atoms with Gasteiger partial charge in [0.15, 0.2) is 6.61 Å². The fourth-order valence-electron chi connectivity index (χ4n) is 3.85. The van der Waals surface area contributed by atoms with Gasteiger partial charge in [0, 0.05) is 11.0 Å². The third kappa shape index (κ3) is 9.02. The van der Waals surface area contributed by atoms with Crippen LogP contribution in [0, 0.1) is 0 Å². The van der Waals surface area contributed by atoms with Crippen LogP contribution in [-0.4, -0.2) is 46.1 Å². The van der Waals surface area contributed by atoms with E-state index in [-0.39, 0.29) is 17.4 Å². The van der Waals surface area contributed by atoms with Crippen LogP contribution in [0.1, 0.15) is 11.1 Å². The van der Waals surface area contributed by atoms with Crippen LogP contribution in [-0.2, 0) is 26.0 Å². The van der Waals surface area contributed by atoms with Gasteiger partial charge in [-0.3, -0.25) is 13.9 Å². The van der Waals surface area contributed by atoms with Crippen LogP contribution in [0.5, 0.6) is 5.75 Å². The van der Waals surface area contributed by atoms with Crippen molar-refractivity contribution >= 4 is 49.7 Å². The minimum atomic E-state index is -4.02. The van der Waals surface area contributed by atoms with Crippen LogP contribution in [0.25, 0.3) is 0 Å². The molecule has 0 fully saturated rings. The van der Waals surface area contributed by atoms with Crippen LogP contribution in [0.15, 0.2) is 124 Å². The van der Waals surface area contributed by atoms with E-state index in [1.165, 1.54) is 18.3 Å². The first-order valence-corrected chi connectivity index (χ1v) is 15.2. The van der Waals surface area contributed by atoms with Crippen molar-refractivity contribution < 1.29 is 22.7 Å². The fraction of sp³-hybridized carbons (Fsp3) is 0.129. The Balaban J connectivity index is 1.29. The molecule has 2 amide bonds. The molecule has 0 aliphatic rings. The first-order chi connectivity index (χ1) is 20.3. The smallest absolute Gasteiger partial charge is 0.264 e. The molecule has 9 nitrogen and oxygen atoms in total. The van der Waals surface area contributed by atoms with Gasteiger partial charge in [0.25, 0.3) is 21.8 Å². The molecule has 0 saturated heterocycles. The topological polar surface area (TPSA) is 117 Å². The number of nitrogens with zero attached hydrogens (tertiary/aromatic N) is 2. The number of ether oxygens (including phenoxy) is 1. The third-order valence-electron chi connectivity index (χ3n) is 5.95. The van der Waals surface area contributed by atoms with Gasteiger partial charge >= 0.3 is 0 Å². The van der Waals surface area contributed by atoms with E-state index < -0.39 is 22.5 Å². The van der Waals surface area contributed by atoms with E-state index in [1.54, 1.807) is 66.7 Å². The molecule has 0 bridgehead atoms. The number of anilines is 1. The Kier molecular flexibility index (Phi) is 10.8. The number of carbonyl (C=O) groups is 2. The second-order valence-electron chi connectivity index (χ2n) is 9.04. The van der Waals surface area contributed by atoms with E-state index in [4.69, 9.17) is 4.74 Å². The van der Waals surface area contributed by atoms with Crippen LogP contribution in [0.2, 0.25) is 0 Å². The molecule has 0 saturated carbocycles. The number of sulfonamides is 1. The SMILES string of the molecule is O=C(COc1ccc(/C=N\NC(=O)CN(c2cccc(Br)c2)S(=O)(=O)c2ccccc2)cc1)NCCc1ccccc1. The van der Waals surface area contributed by atoms with Crippen molar-refractivity contribution in [2.24, 2.45) is 5.10 Å². The minimum Gasteiger partial charge on any atom is -0.484 e. The van der Waals surface area contributed by atoms with Crippen molar-refractivity contribution in [2.75, 3.05) is 24.0 Å². The summed E-state index contributed by atoms with van der Waals surface area (Å²) in [7, 11) is -4.02. The summed E-state index contributed by atoms with van der Waals surface area (Å²) >= 11 is 3.35. The van der Waals surface area contributed by atoms with E-state index in [9.17, 15) is 18.0 Å². The lowest BCUT2D eigenvalue weighted by Gasteiger charge is -2.23. The highest BCUT2D eigenvalue weighted by atomic mass is 79.9. The molecule has 11 heteroatoms. The number of hydrazone groups is 1. The van der Waals surface area contributed by atoms with E-state index in [0.29, 0.717) is 28.0 Å². The Bertz CT molecular complexity index is 1620. The molecule has 0 atom stereocenters. The number of amides is 2. The molecule has 0 radical (unpaired) electrons. The van der Waals surface area contributed by atoms with Gasteiger partial charge in [-0.2, -0.15) is 5.10 Å². The Hall–Kier alpha value is -4.48. The summed E-state index contributed by atoms with van der Waals surface area (Å²) in [5, 5.41) is 6.79. The van der Waals surface area contributed by atoms with Gasteiger partial charge in [0.1, 0.15) is 12.3 Å². The van der Waals surface area contributed by atoms with Crippen molar-refractivity contribution in [3.63, 3.8) is 0 Å². The number of carbonyl (C=O) groups excluding carboxylic acids is 2. The van der Waals surface area contributed by atoms with Crippen molar-refractivity contribution in [2.45, 2.75) is 11.3 Å². The van der Waals surface area contributed by atoms with Gasteiger partial charge < -0.3 is 10.1 Å². The number of hydrogen-bond acceptors (Lipinski definition) is 6. The lowest BCUT2D eigenvalue weighted by Crippen LogP contribution is -2.39. The van der Waals surface area contributed by atoms with Crippen LogP contribution in [0.4, 0.5) is 5.69 Å². The molecule has 2 N–H and O–H groups in total. The fourth-order valence-corrected chi connectivity index (χ4v) is 5.67. The Morgan fingerprint density at radius 3 is 2.24 bits per heavy atom. The summed E-state index contributed by atoms with van der Waals surface area (Å²) in [6, 6.07) is 31.3. The standard InChI is InChI=1S/C31H29BrN4O5S/c32-26-10-7-11-27(20-26)36(42(39,40)29-12-5-2-6-13-29)22-30(37)35-34-21-25-14-16-28(17-15-25)41-23-31(38)33-19-18-24-8-3-1-4-9-24/h1-17,20-21H,18-19,22-23H2,(H,33,38)(H,35,37)/b34-21-. The van der Waals surface area contributed by atoms with Crippen LogP contribution in [0.3, 0.4) is 0 Å². The zero-order chi connectivity index (χ0) is 29.8. The summed E-state index contributed by atoms with van der Waals surface area (Å²) in [6.07, 6.45) is 2.16. The summed E-state index contributed by atoms with van der Waals surface area (Å²) in [5.41, 5.74) is 4.52. The van der Waals surface area contributed by atoms with Crippen molar-refractivity contribution in [3.05, 3.63) is 125 Å². The lowest BCUT2D eigenvalue weighted by molar-refractivity contribution is -0.123. The van der Waals surface area contributed by atoms with Gasteiger partial charge in [0.2, 0.25) is 0 Å². The second-order valence-corrected chi connectivity index (χ2v) is 11.8. The third-order valence-corrected chi connectivity index (χ3v) is 8.23. The van der Waals surface area contributed by atoms with Crippen molar-refractivity contribution in [3.8, 4) is 5.75 Å². The number of benzene rings is 4. The molecule has 0 unspecified atom stereocenters. The average molecular weight is 650 g/mol. The monoisotopic (exact) mass is 648 g/mol. The lowest BCUT2D eigenvalue weighted by atomic mass is 10.1. The molecule has 216 valence electrons. The molecule has 0 spiro atoms. The van der Waals surface area contributed by atoms with E-state index in [0.717, 1.165) is 16.3 Å². The van der Waals surface area contributed by atoms with Gasteiger partial charge in [-0.05, 0) is 72.1 Å². The molecule has 4 aromatic rings. The average Bonchev–Trinajstić information content (AvgIpc) is 3.00. The van der Waals surface area contributed by atoms with E-state index in [1.807, 2.05) is 30.3 Å². The summed E-state index contributed by atoms with van der Waals surface area (Å²) in [6.45, 7) is -0.0734. The zero-order valence-corrected chi connectivity index (χ0v) is 24.9. The molecule has 4 rings (SSSR count). The first-order valence-electron chi connectivity index (χ1n) is 13.0. The van der Waals surface area contributed by atoms with Crippen LogP contribution < -0.4 is 19.8 Å². The molecule has 4 aromatic carbocycles. The first kappa shape index (κ1) is 30.5. The summed E-state index contributed by atoms with van der Waals surface area (Å²) < 4.78 is 34.0. The van der Waals surface area contributed by atoms with Gasteiger partial charge in [-0.25, -0.2) is 13.8 Å². The molecular weight excluding hydrogens is 620 g/mol. The van der Waals surface area contributed by atoms with Crippen molar-refractivity contribution in [1.29, 1.82) is 0 Å². The minimum absolute atomic E-state index is 0.0632. The maximum Gasteiger partial charge on any atom is 0.264 e. The zero-order valence-electron chi connectivity index (χ0n) is 22.5. The maximum absolute atomic E-state index is 13.4. The molecule has 42 heavy (non-hydrogen) atoms. The Labute approximate surface area is 253 Å². The normalized spacial score (nSPS) is 11.2. The largest absolute Gasteiger partial charge is 0.484 e. The van der Waals surface area contributed by atoms with Gasteiger partial charge in [0.05, 0.1) is 16.8 Å². The highest BCUT2D eigenvalue weighted by Crippen LogP contribution is 2.26. The van der Waals surface area contributed by atoms with E-state index >= 15 is 0 Å². The molecule has 0 aliphatic carbocycles. The highest BCUT2D eigenvalue weighted by molar-refractivity contribution is 9.10. The number of nitrogens with one attached hydrogen (secondary N) is 2. The summed E-state index contributed by atoms with van der Waals surface area (Å²) in [5.74, 6) is -0.334. The number of hydrogen-bond donors (Lipinski definition) is 2. The number of halogens is 1. The Morgan fingerprint density at radius 1 is 0.857 bits per heavy atom. The summed E-state index contributed by atoms with van der Waals surface area (Å²) in [4.78, 5) is 24.9. The maximum atomic E-state index is 13.4. The second kappa shape index (κ2) is 14.9. The molecule has 0 aliphatic heterocycles. The highest BCUT2D eigenvalue weighted by Gasteiger charge is 2.27. The van der Waals surface area contributed by atoms with Gasteiger partial charge in [-0.1, -0.05) is 70.5 Å². The van der Waals surface area contributed by atoms with Gasteiger partial charge in [-0.15, -0.1) is 0 Å². The quantitative estimate of drug-likeness (QED) is 0.163. The van der Waals surface area contributed by atoms with E-state index in [2.05, 4.69) is 31.8 Å². The molecular formula is C31H29BrN4O5S. The molecule has 0 aromatic heterocycles. The molecule has 0 heterocycles.